The second kappa shape index (κ2) is 5.37. The van der Waals surface area contributed by atoms with E-state index in [2.05, 4.69) is 21.2 Å². The van der Waals surface area contributed by atoms with Crippen LogP contribution in [-0.2, 0) is 0 Å². The Morgan fingerprint density at radius 1 is 1.29 bits per heavy atom. The van der Waals surface area contributed by atoms with Gasteiger partial charge in [-0.05, 0) is 59.1 Å². The summed E-state index contributed by atoms with van der Waals surface area (Å²) in [4.78, 5) is 23.4. The number of aromatic nitrogens is 1. The Morgan fingerprint density at radius 3 is 2.71 bits per heavy atom. The molecule has 21 heavy (non-hydrogen) atoms. The Kier molecular flexibility index (Phi) is 3.55. The first-order valence-electron chi connectivity index (χ1n) is 6.57. The van der Waals surface area contributed by atoms with Crippen LogP contribution < -0.4 is 5.32 Å². The Hall–Kier alpha value is -2.08. The van der Waals surface area contributed by atoms with Crippen LogP contribution in [0.2, 0.25) is 0 Å². The van der Waals surface area contributed by atoms with Gasteiger partial charge in [-0.3, -0.25) is 4.79 Å². The molecule has 5 nitrogen and oxygen atoms in total. The molecule has 1 aromatic heterocycles. The van der Waals surface area contributed by atoms with Gasteiger partial charge in [-0.1, -0.05) is 0 Å². The van der Waals surface area contributed by atoms with Crippen LogP contribution in [0.4, 0.5) is 5.69 Å². The predicted octanol–water partition coefficient (Wildman–Crippen LogP) is 3.54. The van der Waals surface area contributed by atoms with E-state index in [0.29, 0.717) is 21.9 Å². The number of anilines is 1. The van der Waals surface area contributed by atoms with Crippen molar-refractivity contribution in [2.24, 2.45) is 0 Å². The summed E-state index contributed by atoms with van der Waals surface area (Å²) in [5, 5.41) is 11.8. The number of aromatic carboxylic acids is 1. The van der Waals surface area contributed by atoms with Gasteiger partial charge in [0, 0.05) is 16.7 Å². The maximum Gasteiger partial charge on any atom is 0.335 e. The molecule has 2 aromatic rings. The van der Waals surface area contributed by atoms with Crippen molar-refractivity contribution in [1.82, 2.24) is 4.57 Å². The lowest BCUT2D eigenvalue weighted by Gasteiger charge is -2.10. The summed E-state index contributed by atoms with van der Waals surface area (Å²) < 4.78 is 2.61. The second-order valence-electron chi connectivity index (χ2n) is 4.99. The molecule has 0 bridgehead atoms. The molecule has 1 aliphatic carbocycles. The van der Waals surface area contributed by atoms with Gasteiger partial charge in [0.2, 0.25) is 0 Å². The zero-order valence-electron chi connectivity index (χ0n) is 11.0. The largest absolute Gasteiger partial charge is 0.478 e. The third-order valence-electron chi connectivity index (χ3n) is 3.41. The van der Waals surface area contributed by atoms with Gasteiger partial charge < -0.3 is 15.0 Å². The van der Waals surface area contributed by atoms with E-state index in [1.165, 1.54) is 12.1 Å². The SMILES string of the molecule is O=C(O)c1ccc(Br)c(NC(=O)c2cccn2C2CC2)c1. The van der Waals surface area contributed by atoms with Gasteiger partial charge in [-0.15, -0.1) is 0 Å². The zero-order chi connectivity index (χ0) is 15.0. The smallest absolute Gasteiger partial charge is 0.335 e. The number of amides is 1. The van der Waals surface area contributed by atoms with E-state index in [4.69, 9.17) is 5.11 Å². The number of carboxylic acid groups (broad SMARTS) is 1. The van der Waals surface area contributed by atoms with E-state index in [-0.39, 0.29) is 11.5 Å². The van der Waals surface area contributed by atoms with E-state index < -0.39 is 5.97 Å². The predicted molar refractivity (Wildman–Crippen MR) is 81.8 cm³/mol. The molecule has 0 aliphatic heterocycles. The molecule has 2 N–H and O–H groups in total. The zero-order valence-corrected chi connectivity index (χ0v) is 12.6. The monoisotopic (exact) mass is 348 g/mol. The molecule has 0 unspecified atom stereocenters. The Balaban J connectivity index is 1.85. The van der Waals surface area contributed by atoms with Gasteiger partial charge in [0.15, 0.2) is 0 Å². The molecule has 1 amide bonds. The Bertz CT molecular complexity index is 719. The first kappa shape index (κ1) is 13.9. The molecule has 1 aromatic carbocycles. The highest BCUT2D eigenvalue weighted by Crippen LogP contribution is 2.36. The van der Waals surface area contributed by atoms with E-state index in [1.807, 2.05) is 16.8 Å². The summed E-state index contributed by atoms with van der Waals surface area (Å²) in [6.07, 6.45) is 4.08. The van der Waals surface area contributed by atoms with Gasteiger partial charge in [-0.25, -0.2) is 4.79 Å². The molecule has 1 fully saturated rings. The lowest BCUT2D eigenvalue weighted by atomic mass is 10.2. The van der Waals surface area contributed by atoms with Crippen molar-refractivity contribution < 1.29 is 14.7 Å². The van der Waals surface area contributed by atoms with Crippen LogP contribution in [0, 0.1) is 0 Å². The number of hydrogen-bond acceptors (Lipinski definition) is 2. The highest BCUT2D eigenvalue weighted by molar-refractivity contribution is 9.10. The van der Waals surface area contributed by atoms with Crippen molar-refractivity contribution in [2.45, 2.75) is 18.9 Å². The maximum absolute atomic E-state index is 12.4. The number of rotatable bonds is 4. The van der Waals surface area contributed by atoms with Crippen molar-refractivity contribution in [3.8, 4) is 0 Å². The van der Waals surface area contributed by atoms with Gasteiger partial charge in [-0.2, -0.15) is 0 Å². The minimum absolute atomic E-state index is 0.131. The molecule has 0 spiro atoms. The Morgan fingerprint density at radius 2 is 2.05 bits per heavy atom. The average Bonchev–Trinajstić information content (AvgIpc) is 3.18. The van der Waals surface area contributed by atoms with Gasteiger partial charge in [0.1, 0.15) is 5.69 Å². The number of nitrogens with zero attached hydrogens (tertiary/aromatic N) is 1. The van der Waals surface area contributed by atoms with Crippen molar-refractivity contribution in [2.75, 3.05) is 5.32 Å². The van der Waals surface area contributed by atoms with Crippen LogP contribution in [0.1, 0.15) is 39.7 Å². The maximum atomic E-state index is 12.4. The number of carbonyl (C=O) groups is 2. The van der Waals surface area contributed by atoms with Crippen LogP contribution in [0.15, 0.2) is 41.0 Å². The fourth-order valence-corrected chi connectivity index (χ4v) is 2.54. The van der Waals surface area contributed by atoms with Crippen molar-refractivity contribution in [3.05, 3.63) is 52.3 Å². The quantitative estimate of drug-likeness (QED) is 0.887. The van der Waals surface area contributed by atoms with E-state index >= 15 is 0 Å². The summed E-state index contributed by atoms with van der Waals surface area (Å²) in [5.74, 6) is -1.27. The Labute approximate surface area is 129 Å². The van der Waals surface area contributed by atoms with Crippen LogP contribution in [0.5, 0.6) is 0 Å². The lowest BCUT2D eigenvalue weighted by Crippen LogP contribution is -2.17. The molecular weight excluding hydrogens is 336 g/mol. The summed E-state index contributed by atoms with van der Waals surface area (Å²) in [6, 6.07) is 8.55. The first-order valence-corrected chi connectivity index (χ1v) is 7.36. The number of nitrogens with one attached hydrogen (secondary N) is 1. The molecule has 1 saturated carbocycles. The molecule has 3 rings (SSSR count). The summed E-state index contributed by atoms with van der Waals surface area (Å²) in [6.45, 7) is 0. The molecule has 108 valence electrons. The third-order valence-corrected chi connectivity index (χ3v) is 4.10. The minimum atomic E-state index is -1.03. The number of carboxylic acids is 1. The van der Waals surface area contributed by atoms with Crippen LogP contribution >= 0.6 is 15.9 Å². The molecule has 0 atom stereocenters. The molecule has 1 aliphatic rings. The van der Waals surface area contributed by atoms with Crippen LogP contribution in [-0.4, -0.2) is 21.6 Å². The van der Waals surface area contributed by atoms with Crippen molar-refractivity contribution >= 4 is 33.5 Å². The summed E-state index contributed by atoms with van der Waals surface area (Å²) in [7, 11) is 0. The highest BCUT2D eigenvalue weighted by Gasteiger charge is 2.26. The summed E-state index contributed by atoms with van der Waals surface area (Å²) in [5.41, 5.74) is 1.17. The number of carbonyl (C=O) groups excluding carboxylic acids is 1. The topological polar surface area (TPSA) is 71.3 Å². The van der Waals surface area contributed by atoms with E-state index in [1.54, 1.807) is 12.1 Å². The average molecular weight is 349 g/mol. The summed E-state index contributed by atoms with van der Waals surface area (Å²) >= 11 is 3.32. The molecular formula is C15H13BrN2O3. The molecule has 0 saturated heterocycles. The van der Waals surface area contributed by atoms with E-state index in [0.717, 1.165) is 12.8 Å². The third kappa shape index (κ3) is 2.85. The molecule has 0 radical (unpaired) electrons. The second-order valence-corrected chi connectivity index (χ2v) is 5.84. The van der Waals surface area contributed by atoms with E-state index in [9.17, 15) is 9.59 Å². The molecule has 1 heterocycles. The van der Waals surface area contributed by atoms with Gasteiger partial charge >= 0.3 is 5.97 Å². The molecule has 6 heteroatoms. The minimum Gasteiger partial charge on any atom is -0.478 e. The number of halogens is 1. The van der Waals surface area contributed by atoms with Crippen LogP contribution in [0.25, 0.3) is 0 Å². The first-order chi connectivity index (χ1) is 10.1. The van der Waals surface area contributed by atoms with Gasteiger partial charge in [0.25, 0.3) is 5.91 Å². The van der Waals surface area contributed by atoms with Crippen molar-refractivity contribution in [3.63, 3.8) is 0 Å². The highest BCUT2D eigenvalue weighted by atomic mass is 79.9. The normalized spacial score (nSPS) is 14.0. The van der Waals surface area contributed by atoms with Crippen LogP contribution in [0.3, 0.4) is 0 Å². The fraction of sp³-hybridized carbons (Fsp3) is 0.200. The fourth-order valence-electron chi connectivity index (χ4n) is 2.20. The van der Waals surface area contributed by atoms with Gasteiger partial charge in [0.05, 0.1) is 11.3 Å². The van der Waals surface area contributed by atoms with Crippen molar-refractivity contribution in [1.29, 1.82) is 0 Å². The standard InChI is InChI=1S/C15H13BrN2O3/c16-11-6-3-9(15(20)21)8-12(11)17-14(19)13-2-1-7-18(13)10-4-5-10/h1-3,6-8,10H,4-5H2,(H,17,19)(H,20,21). The number of hydrogen-bond donors (Lipinski definition) is 2. The lowest BCUT2D eigenvalue weighted by molar-refractivity contribution is 0.0696. The number of benzene rings is 1.